The molecule has 0 amide bonds. The Bertz CT molecular complexity index is 646. The summed E-state index contributed by atoms with van der Waals surface area (Å²) in [4.78, 5) is 42.8. The van der Waals surface area contributed by atoms with Crippen molar-refractivity contribution in [1.82, 2.24) is 0 Å². The molecule has 39 heavy (non-hydrogen) atoms. The Balaban J connectivity index is -0.000000152. The van der Waals surface area contributed by atoms with Crippen molar-refractivity contribution < 1.29 is 71.5 Å². The van der Waals surface area contributed by atoms with E-state index in [2.05, 4.69) is 0 Å². The van der Waals surface area contributed by atoms with Crippen LogP contribution in [0.25, 0.3) is 0 Å². The molecule has 0 saturated carbocycles. The first-order valence-electron chi connectivity index (χ1n) is 12.9. The molecule has 4 N–H and O–H groups in total. The van der Waals surface area contributed by atoms with Crippen LogP contribution in [0, 0.1) is 21.7 Å². The minimum Gasteiger partial charge on any atom is -0.852 e. The number of aliphatic carboxylic acids is 4. The standard InChI is InChI=1S/2C11H20O4.2C3H7O.Ti/c2*1-10(2,7-5-6-8(12)13)11(3,4)9(14)15;2*1-3(2)4;/h2*5-7H2,1-4H3,(H,12,13)(H,14,15);2*3H,1-2H3;/q;;2*-1;+2. The molecule has 0 atom stereocenters. The fourth-order valence-electron chi connectivity index (χ4n) is 2.57. The predicted octanol–water partition coefficient (Wildman–Crippen LogP) is 4.26. The zero-order valence-corrected chi connectivity index (χ0v) is 27.7. The van der Waals surface area contributed by atoms with E-state index in [4.69, 9.17) is 20.4 Å². The van der Waals surface area contributed by atoms with E-state index in [9.17, 15) is 29.4 Å². The van der Waals surface area contributed by atoms with Gasteiger partial charge in [0.15, 0.2) is 0 Å². The SMILES string of the molecule is CC(C)(CCCC(=O)O)C(C)(C)C(=O)O.CC(C)(CCCC(=O)O)C(C)(C)C(=O)O.CC(C)[O-].CC(C)[O-].[Ti+2]. The summed E-state index contributed by atoms with van der Waals surface area (Å²) in [5.41, 5.74) is -2.50. The van der Waals surface area contributed by atoms with Gasteiger partial charge in [0.05, 0.1) is 10.8 Å². The van der Waals surface area contributed by atoms with Gasteiger partial charge in [0, 0.05) is 12.8 Å². The molecule has 0 aliphatic carbocycles. The van der Waals surface area contributed by atoms with Crippen molar-refractivity contribution in [3.8, 4) is 0 Å². The van der Waals surface area contributed by atoms with Crippen molar-refractivity contribution in [3.05, 3.63) is 0 Å². The molecular formula is C28H54O10Ti. The maximum absolute atomic E-state index is 11.0. The summed E-state index contributed by atoms with van der Waals surface area (Å²) in [5, 5.41) is 54.2. The molecule has 0 heterocycles. The Hall–Kier alpha value is -1.49. The third-order valence-electron chi connectivity index (χ3n) is 6.84. The van der Waals surface area contributed by atoms with E-state index in [0.717, 1.165) is 0 Å². The van der Waals surface area contributed by atoms with Gasteiger partial charge in [-0.2, -0.15) is 0 Å². The van der Waals surface area contributed by atoms with Crippen LogP contribution in [0.15, 0.2) is 0 Å². The molecule has 0 aromatic rings. The Kier molecular flexibility index (Phi) is 25.8. The van der Waals surface area contributed by atoms with E-state index in [-0.39, 0.29) is 34.6 Å². The number of rotatable bonds is 12. The molecule has 0 fully saturated rings. The second kappa shape index (κ2) is 21.3. The van der Waals surface area contributed by atoms with Crippen molar-refractivity contribution in [2.75, 3.05) is 0 Å². The molecule has 0 spiro atoms. The normalized spacial score (nSPS) is 11.5. The molecule has 0 bridgehead atoms. The monoisotopic (exact) mass is 598 g/mol. The summed E-state index contributed by atoms with van der Waals surface area (Å²) in [6, 6.07) is 0. The van der Waals surface area contributed by atoms with Crippen LogP contribution in [0.1, 0.15) is 122 Å². The number of carboxylic acid groups (broad SMARTS) is 4. The molecule has 10 nitrogen and oxygen atoms in total. The first-order chi connectivity index (χ1) is 16.7. The predicted molar refractivity (Wildman–Crippen MR) is 144 cm³/mol. The second-order valence-corrected chi connectivity index (χ2v) is 12.2. The molecule has 0 aromatic heterocycles. The number of carbonyl (C=O) groups is 4. The van der Waals surface area contributed by atoms with Crippen LogP contribution in [0.3, 0.4) is 0 Å². The Morgan fingerprint density at radius 2 is 0.744 bits per heavy atom. The molecule has 0 aliphatic heterocycles. The zero-order chi connectivity index (χ0) is 31.7. The zero-order valence-electron chi connectivity index (χ0n) is 26.1. The molecule has 0 rings (SSSR count). The minimum absolute atomic E-state index is 0. The van der Waals surface area contributed by atoms with Gasteiger partial charge in [-0.05, 0) is 64.2 Å². The van der Waals surface area contributed by atoms with E-state index in [0.29, 0.717) is 25.7 Å². The van der Waals surface area contributed by atoms with Gasteiger partial charge in [0.2, 0.25) is 0 Å². The van der Waals surface area contributed by atoms with E-state index >= 15 is 0 Å². The van der Waals surface area contributed by atoms with Gasteiger partial charge in [-0.1, -0.05) is 55.4 Å². The molecular weight excluding hydrogens is 544 g/mol. The maximum Gasteiger partial charge on any atom is 2.00 e. The first kappa shape index (κ1) is 47.3. The largest absolute Gasteiger partial charge is 2.00 e. The van der Waals surface area contributed by atoms with E-state index in [1.165, 1.54) is 0 Å². The summed E-state index contributed by atoms with van der Waals surface area (Å²) in [6.45, 7) is 20.6. The van der Waals surface area contributed by atoms with Crippen LogP contribution in [-0.4, -0.2) is 56.5 Å². The topological polar surface area (TPSA) is 195 Å². The van der Waals surface area contributed by atoms with Gasteiger partial charge in [-0.3, -0.25) is 19.2 Å². The van der Waals surface area contributed by atoms with Gasteiger partial charge in [0.25, 0.3) is 0 Å². The van der Waals surface area contributed by atoms with Crippen molar-refractivity contribution in [1.29, 1.82) is 0 Å². The quantitative estimate of drug-likeness (QED) is 0.236. The van der Waals surface area contributed by atoms with E-state index in [1.54, 1.807) is 55.4 Å². The van der Waals surface area contributed by atoms with Crippen molar-refractivity contribution in [3.63, 3.8) is 0 Å². The van der Waals surface area contributed by atoms with Crippen LogP contribution in [0.4, 0.5) is 0 Å². The first-order valence-corrected chi connectivity index (χ1v) is 12.9. The van der Waals surface area contributed by atoms with Gasteiger partial charge < -0.3 is 30.6 Å². The van der Waals surface area contributed by atoms with Crippen LogP contribution in [0.2, 0.25) is 0 Å². The third-order valence-corrected chi connectivity index (χ3v) is 6.84. The average molecular weight is 599 g/mol. The molecule has 0 aliphatic rings. The van der Waals surface area contributed by atoms with Crippen LogP contribution in [0.5, 0.6) is 0 Å². The van der Waals surface area contributed by atoms with Crippen LogP contribution in [-0.2, 0) is 40.9 Å². The van der Waals surface area contributed by atoms with Crippen molar-refractivity contribution in [2.24, 2.45) is 21.7 Å². The summed E-state index contributed by atoms with van der Waals surface area (Å²) in [7, 11) is 0. The summed E-state index contributed by atoms with van der Waals surface area (Å²) in [5.74, 6) is -3.36. The van der Waals surface area contributed by atoms with Crippen molar-refractivity contribution in [2.45, 2.75) is 134 Å². The summed E-state index contributed by atoms with van der Waals surface area (Å²) in [6.07, 6.45) is 1.58. The number of hydrogen-bond donors (Lipinski definition) is 4. The molecule has 0 saturated heterocycles. The van der Waals surface area contributed by atoms with Gasteiger partial charge >= 0.3 is 45.6 Å². The van der Waals surface area contributed by atoms with E-state index < -0.39 is 57.7 Å². The van der Waals surface area contributed by atoms with Gasteiger partial charge in [-0.25, -0.2) is 0 Å². The van der Waals surface area contributed by atoms with E-state index in [1.807, 2.05) is 27.7 Å². The Morgan fingerprint density at radius 1 is 0.564 bits per heavy atom. The molecule has 0 unspecified atom stereocenters. The number of hydrogen-bond acceptors (Lipinski definition) is 6. The summed E-state index contributed by atoms with van der Waals surface area (Å²) < 4.78 is 0. The number of carboxylic acids is 4. The van der Waals surface area contributed by atoms with Crippen molar-refractivity contribution >= 4 is 23.9 Å². The second-order valence-electron chi connectivity index (χ2n) is 12.2. The minimum atomic E-state index is -0.845. The van der Waals surface area contributed by atoms with Crippen LogP contribution < -0.4 is 10.2 Å². The Morgan fingerprint density at radius 3 is 0.872 bits per heavy atom. The fourth-order valence-corrected chi connectivity index (χ4v) is 2.57. The van der Waals surface area contributed by atoms with Gasteiger partial charge in [0.1, 0.15) is 0 Å². The summed E-state index contributed by atoms with van der Waals surface area (Å²) >= 11 is 0. The smallest absolute Gasteiger partial charge is 0.852 e. The molecule has 0 aromatic carbocycles. The maximum atomic E-state index is 11.0. The van der Waals surface area contributed by atoms with Crippen LogP contribution >= 0.6 is 0 Å². The fraction of sp³-hybridized carbons (Fsp3) is 0.857. The average Bonchev–Trinajstić information content (AvgIpc) is 2.66. The molecule has 11 heteroatoms. The third kappa shape index (κ3) is 24.1. The molecule has 230 valence electrons. The Labute approximate surface area is 250 Å². The van der Waals surface area contributed by atoms with Gasteiger partial charge in [-0.15, -0.1) is 12.2 Å². The molecule has 0 radical (unpaired) electrons.